The fraction of sp³-hybridized carbons (Fsp3) is 0.182. The maximum atomic E-state index is 12.3. The fourth-order valence-corrected chi connectivity index (χ4v) is 3.51. The molecule has 0 aliphatic carbocycles. The smallest absolute Gasteiger partial charge is 0.363 e. The standard InChI is InChI=1S/C22H18BrClN2O6/c1-4-30-19-9-13(7-15(23)20(19)31-11-12(2)3)8-17-22(27)32-21(25-17)14-5-6-16(24)18(10-14)26(28)29/h5-10H,2,4,11H2,1,3H3/b17-8-. The maximum Gasteiger partial charge on any atom is 0.363 e. The topological polar surface area (TPSA) is 100 Å². The quantitative estimate of drug-likeness (QED) is 0.145. The first-order valence-corrected chi connectivity index (χ1v) is 10.6. The van der Waals surface area contributed by atoms with Gasteiger partial charge in [0.1, 0.15) is 11.6 Å². The molecule has 2 aromatic carbocycles. The molecule has 0 spiro atoms. The molecule has 1 aliphatic heterocycles. The van der Waals surface area contributed by atoms with Crippen molar-refractivity contribution in [1.82, 2.24) is 0 Å². The van der Waals surface area contributed by atoms with E-state index in [1.165, 1.54) is 24.3 Å². The molecule has 166 valence electrons. The highest BCUT2D eigenvalue weighted by Crippen LogP contribution is 2.38. The third-order valence-electron chi connectivity index (χ3n) is 4.11. The van der Waals surface area contributed by atoms with Crippen LogP contribution in [0.4, 0.5) is 5.69 Å². The van der Waals surface area contributed by atoms with Crippen LogP contribution in [0.15, 0.2) is 57.6 Å². The number of carbonyl (C=O) groups excluding carboxylic acids is 1. The van der Waals surface area contributed by atoms with Crippen molar-refractivity contribution < 1.29 is 23.9 Å². The van der Waals surface area contributed by atoms with Gasteiger partial charge in [-0.2, -0.15) is 0 Å². The van der Waals surface area contributed by atoms with Gasteiger partial charge in [0.25, 0.3) is 5.69 Å². The number of cyclic esters (lactones) is 1. The van der Waals surface area contributed by atoms with Gasteiger partial charge >= 0.3 is 5.97 Å². The van der Waals surface area contributed by atoms with Gasteiger partial charge in [-0.25, -0.2) is 9.79 Å². The number of benzene rings is 2. The van der Waals surface area contributed by atoms with Crippen molar-refractivity contribution in [3.05, 3.63) is 78.9 Å². The Balaban J connectivity index is 1.96. The van der Waals surface area contributed by atoms with Gasteiger partial charge in [-0.15, -0.1) is 0 Å². The molecule has 2 aromatic rings. The summed E-state index contributed by atoms with van der Waals surface area (Å²) in [5.74, 6) is 0.267. The molecule has 3 rings (SSSR count). The molecule has 10 heteroatoms. The van der Waals surface area contributed by atoms with Crippen molar-refractivity contribution in [2.24, 2.45) is 4.99 Å². The van der Waals surface area contributed by atoms with Crippen molar-refractivity contribution in [3.8, 4) is 11.5 Å². The highest BCUT2D eigenvalue weighted by Gasteiger charge is 2.26. The average Bonchev–Trinajstić information content (AvgIpc) is 3.07. The Kier molecular flexibility index (Phi) is 7.32. The van der Waals surface area contributed by atoms with Crippen LogP contribution in [0.5, 0.6) is 11.5 Å². The minimum Gasteiger partial charge on any atom is -0.490 e. The molecular weight excluding hydrogens is 504 g/mol. The zero-order chi connectivity index (χ0) is 23.4. The summed E-state index contributed by atoms with van der Waals surface area (Å²) in [6.45, 7) is 8.25. The normalized spacial score (nSPS) is 14.2. The van der Waals surface area contributed by atoms with Crippen LogP contribution in [0.3, 0.4) is 0 Å². The van der Waals surface area contributed by atoms with Crippen LogP contribution in [0, 0.1) is 10.1 Å². The van der Waals surface area contributed by atoms with Crippen molar-refractivity contribution in [2.75, 3.05) is 13.2 Å². The van der Waals surface area contributed by atoms with Gasteiger partial charge in [0, 0.05) is 11.6 Å². The number of hydrogen-bond acceptors (Lipinski definition) is 7. The van der Waals surface area contributed by atoms with E-state index in [1.807, 2.05) is 13.8 Å². The predicted molar refractivity (Wildman–Crippen MR) is 124 cm³/mol. The number of nitrogens with zero attached hydrogens (tertiary/aromatic N) is 2. The summed E-state index contributed by atoms with van der Waals surface area (Å²) in [6, 6.07) is 7.50. The lowest BCUT2D eigenvalue weighted by Crippen LogP contribution is -2.06. The largest absolute Gasteiger partial charge is 0.490 e. The number of hydrogen-bond donors (Lipinski definition) is 0. The minimum absolute atomic E-state index is 0.0262. The fourth-order valence-electron chi connectivity index (χ4n) is 2.75. The summed E-state index contributed by atoms with van der Waals surface area (Å²) >= 11 is 9.31. The lowest BCUT2D eigenvalue weighted by Gasteiger charge is -2.14. The van der Waals surface area contributed by atoms with E-state index in [1.54, 1.807) is 12.1 Å². The molecule has 1 heterocycles. The first kappa shape index (κ1) is 23.5. The average molecular weight is 522 g/mol. The van der Waals surface area contributed by atoms with E-state index in [-0.39, 0.29) is 27.9 Å². The zero-order valence-electron chi connectivity index (χ0n) is 17.2. The second kappa shape index (κ2) is 9.97. The number of carbonyl (C=O) groups is 1. The van der Waals surface area contributed by atoms with Gasteiger partial charge in [0.2, 0.25) is 5.90 Å². The first-order chi connectivity index (χ1) is 15.2. The highest BCUT2D eigenvalue weighted by atomic mass is 79.9. The molecule has 0 saturated carbocycles. The number of nitro benzene ring substituents is 1. The van der Waals surface area contributed by atoms with Crippen molar-refractivity contribution in [2.45, 2.75) is 13.8 Å². The number of nitro groups is 1. The van der Waals surface area contributed by atoms with E-state index >= 15 is 0 Å². The van der Waals surface area contributed by atoms with Crippen LogP contribution in [0.25, 0.3) is 6.08 Å². The molecule has 8 nitrogen and oxygen atoms in total. The van der Waals surface area contributed by atoms with Gasteiger partial charge in [0.05, 0.1) is 16.0 Å². The van der Waals surface area contributed by atoms with Gasteiger partial charge in [-0.05, 0) is 71.3 Å². The summed E-state index contributed by atoms with van der Waals surface area (Å²) in [5.41, 5.74) is 1.45. The second-order valence-electron chi connectivity index (χ2n) is 6.77. The number of rotatable bonds is 8. The summed E-state index contributed by atoms with van der Waals surface area (Å²) in [7, 11) is 0. The summed E-state index contributed by atoms with van der Waals surface area (Å²) in [4.78, 5) is 27.0. The molecule has 0 aromatic heterocycles. The Morgan fingerprint density at radius 3 is 2.75 bits per heavy atom. The second-order valence-corrected chi connectivity index (χ2v) is 8.03. The van der Waals surface area contributed by atoms with Crippen molar-refractivity contribution in [1.29, 1.82) is 0 Å². The third kappa shape index (κ3) is 5.35. The monoisotopic (exact) mass is 520 g/mol. The molecule has 0 atom stereocenters. The van der Waals surface area contributed by atoms with E-state index in [0.717, 1.165) is 5.57 Å². The summed E-state index contributed by atoms with van der Waals surface area (Å²) < 4.78 is 17.3. The summed E-state index contributed by atoms with van der Waals surface area (Å²) in [5, 5.41) is 11.1. The van der Waals surface area contributed by atoms with Crippen LogP contribution >= 0.6 is 27.5 Å². The number of aliphatic imine (C=N–C) groups is 1. The lowest BCUT2D eigenvalue weighted by molar-refractivity contribution is -0.384. The zero-order valence-corrected chi connectivity index (χ0v) is 19.5. The molecule has 1 aliphatic rings. The molecule has 0 bridgehead atoms. The lowest BCUT2D eigenvalue weighted by atomic mass is 10.1. The number of esters is 1. The Morgan fingerprint density at radius 1 is 1.34 bits per heavy atom. The molecule has 0 fully saturated rings. The van der Waals surface area contributed by atoms with E-state index in [4.69, 9.17) is 25.8 Å². The van der Waals surface area contributed by atoms with Crippen LogP contribution in [0.1, 0.15) is 25.0 Å². The molecular formula is C22H18BrClN2O6. The molecule has 32 heavy (non-hydrogen) atoms. The van der Waals surface area contributed by atoms with E-state index in [2.05, 4.69) is 27.5 Å². The van der Waals surface area contributed by atoms with Crippen LogP contribution in [0.2, 0.25) is 5.02 Å². The van der Waals surface area contributed by atoms with Crippen molar-refractivity contribution in [3.63, 3.8) is 0 Å². The highest BCUT2D eigenvalue weighted by molar-refractivity contribution is 9.10. The van der Waals surface area contributed by atoms with Gasteiger partial charge < -0.3 is 14.2 Å². The Bertz CT molecular complexity index is 1180. The van der Waals surface area contributed by atoms with Crippen LogP contribution in [-0.2, 0) is 9.53 Å². The Morgan fingerprint density at radius 2 is 2.09 bits per heavy atom. The van der Waals surface area contributed by atoms with Gasteiger partial charge in [0.15, 0.2) is 17.2 Å². The molecule has 0 radical (unpaired) electrons. The molecule has 0 N–H and O–H groups in total. The number of halogens is 2. The maximum absolute atomic E-state index is 12.3. The third-order valence-corrected chi connectivity index (χ3v) is 5.02. The van der Waals surface area contributed by atoms with Crippen molar-refractivity contribution >= 4 is 51.2 Å². The first-order valence-electron chi connectivity index (χ1n) is 9.40. The van der Waals surface area contributed by atoms with Gasteiger partial charge in [-0.1, -0.05) is 18.2 Å². The van der Waals surface area contributed by atoms with E-state index in [0.29, 0.717) is 34.7 Å². The Hall–Kier alpha value is -3.17. The Labute approximate surface area is 197 Å². The van der Waals surface area contributed by atoms with E-state index in [9.17, 15) is 14.9 Å². The van der Waals surface area contributed by atoms with Gasteiger partial charge in [-0.3, -0.25) is 10.1 Å². The predicted octanol–water partition coefficient (Wildman–Crippen LogP) is 5.71. The van der Waals surface area contributed by atoms with Crippen LogP contribution in [-0.4, -0.2) is 30.0 Å². The molecule has 0 amide bonds. The molecule has 0 unspecified atom stereocenters. The number of ether oxygens (including phenoxy) is 3. The minimum atomic E-state index is -0.686. The van der Waals surface area contributed by atoms with Crippen LogP contribution < -0.4 is 9.47 Å². The summed E-state index contributed by atoms with van der Waals surface area (Å²) in [6.07, 6.45) is 1.52. The van der Waals surface area contributed by atoms with E-state index < -0.39 is 10.9 Å². The SMILES string of the molecule is C=C(C)COc1c(Br)cc(/C=C2\N=C(c3ccc(Cl)c([N+](=O)[O-])c3)OC2=O)cc1OCC. The molecule has 0 saturated heterocycles.